The molecule has 1 aromatic carbocycles. The summed E-state index contributed by atoms with van der Waals surface area (Å²) in [5.41, 5.74) is -1.74. The van der Waals surface area contributed by atoms with E-state index >= 15 is 0 Å². The number of allylic oxidation sites excluding steroid dienone is 5. The molecule has 3 N–H and O–H groups in total. The van der Waals surface area contributed by atoms with E-state index in [1.807, 2.05) is 46.8 Å². The van der Waals surface area contributed by atoms with Gasteiger partial charge in [-0.1, -0.05) is 95.9 Å². The van der Waals surface area contributed by atoms with Crippen molar-refractivity contribution >= 4 is 11.9 Å². The third-order valence-electron chi connectivity index (χ3n) is 12.7. The molecule has 4 rings (SSSR count). The molecule has 366 valence electrons. The minimum Gasteiger partial charge on any atom is -0.490 e. The van der Waals surface area contributed by atoms with Crippen molar-refractivity contribution in [3.8, 4) is 18.1 Å². The molecule has 3 aliphatic rings. The van der Waals surface area contributed by atoms with Gasteiger partial charge in [-0.15, -0.1) is 16.7 Å². The number of ether oxygens (including phenoxy) is 7. The maximum absolute atomic E-state index is 14.1. The van der Waals surface area contributed by atoms with Crippen molar-refractivity contribution in [3.63, 3.8) is 0 Å². The number of cyclic esters (lactones) is 1. The number of methoxy groups -OCH3 is 2. The van der Waals surface area contributed by atoms with Crippen LogP contribution >= 0.6 is 0 Å². The summed E-state index contributed by atoms with van der Waals surface area (Å²) >= 11 is 0. The summed E-state index contributed by atoms with van der Waals surface area (Å²) in [5, 5.41) is 42.2. The second-order valence-corrected chi connectivity index (χ2v) is 18.1. The molecule has 0 amide bonds. The van der Waals surface area contributed by atoms with E-state index in [0.717, 1.165) is 23.8 Å². The zero-order valence-electron chi connectivity index (χ0n) is 39.7. The lowest BCUT2D eigenvalue weighted by Crippen LogP contribution is -2.59. The molecule has 0 unspecified atom stereocenters. The highest BCUT2D eigenvalue weighted by Gasteiger charge is 2.65. The molecular formula is C49H67F3N2O12. The minimum absolute atomic E-state index is 0.0370. The van der Waals surface area contributed by atoms with E-state index in [0.29, 0.717) is 12.0 Å². The molecule has 0 aliphatic carbocycles. The van der Waals surface area contributed by atoms with Crippen LogP contribution in [0.3, 0.4) is 0 Å². The van der Waals surface area contributed by atoms with E-state index in [-0.39, 0.29) is 66.6 Å². The van der Waals surface area contributed by atoms with Crippen molar-refractivity contribution in [2.45, 2.75) is 129 Å². The molecule has 0 aromatic heterocycles. The first kappa shape index (κ1) is 54.0. The number of esters is 2. The predicted octanol–water partition coefficient (Wildman–Crippen LogP) is 7.77. The highest BCUT2D eigenvalue weighted by atomic mass is 19.4. The molecule has 1 saturated heterocycles. The zero-order valence-corrected chi connectivity index (χ0v) is 39.7. The molecule has 1 fully saturated rings. The fourth-order valence-electron chi connectivity index (χ4n) is 8.68. The largest absolute Gasteiger partial charge is 0.490 e. The summed E-state index contributed by atoms with van der Waals surface area (Å²) in [4.78, 5) is 27.9. The van der Waals surface area contributed by atoms with Crippen LogP contribution in [0.5, 0.6) is 5.75 Å². The Labute approximate surface area is 386 Å². The minimum atomic E-state index is -4.84. The molecule has 66 heavy (non-hydrogen) atoms. The number of hydrogen-bond acceptors (Lipinski definition) is 14. The van der Waals surface area contributed by atoms with Crippen LogP contribution in [0.2, 0.25) is 0 Å². The molecule has 14 nitrogen and oxygen atoms in total. The van der Waals surface area contributed by atoms with Crippen LogP contribution in [0, 0.1) is 47.9 Å². The number of aliphatic hydroxyl groups is 3. The summed E-state index contributed by atoms with van der Waals surface area (Å²) in [7, 11) is 2.76. The van der Waals surface area contributed by atoms with Crippen LogP contribution < -0.4 is 4.74 Å². The van der Waals surface area contributed by atoms with Gasteiger partial charge in [0.05, 0.1) is 32.0 Å². The van der Waals surface area contributed by atoms with Crippen LogP contribution in [-0.2, 0) is 38.9 Å². The Balaban J connectivity index is 1.67. The highest BCUT2D eigenvalue weighted by Crippen LogP contribution is 2.53. The number of benzene rings is 1. The van der Waals surface area contributed by atoms with Gasteiger partial charge >= 0.3 is 23.8 Å². The monoisotopic (exact) mass is 932 g/mol. The topological polar surface area (TPSA) is 184 Å². The molecule has 3 heterocycles. The number of nitrogens with zero attached hydrogens (tertiary/aromatic N) is 2. The number of carbonyl (C=O) groups is 2. The van der Waals surface area contributed by atoms with Crippen molar-refractivity contribution in [1.29, 1.82) is 0 Å². The van der Waals surface area contributed by atoms with Gasteiger partial charge < -0.3 is 48.5 Å². The molecule has 0 bridgehead atoms. The SMILES string of the molecule is C#CCOCCOc1cc(C2(C(F)(F)F)N=N2)ccc1C(=O)O[C@@H]1C[C@](O)([C@@H](C)[C@H](O)[C@H](C)[C@H]2OC(=O)/C(OC)=C\C(C)=C\[C@@H](C)[C@@H](O)[C@@H](C)C/C(C)=C/C=C/[C@@H]2OC)O[C@H](C(C)C)[C@@H]1C. The standard InChI is InChI=1S/C49H67F3N2O12/c1-13-19-62-20-21-63-38-25-35(48(53-54-48)49(50,51)52)17-18-36(38)45(57)64-40-26-47(59,66-43(27(2)3)32(40)8)34(10)42(56)33(9)44-37(60-11)16-14-15-28(4)22-30(6)41(55)31(7)23-29(5)24-39(61-12)46(58)65-44/h1,14-18,23-25,27,30-34,37,40-44,55-56,59H,19-22,26H2,2-12H3/b16-14+,28-15+,29-23+,39-24+/t30-,31+,32+,33-,34-,37-,40+,41-,42+,43+,44+,47+/m0/s1. The molecule has 17 heteroatoms. The van der Waals surface area contributed by atoms with Gasteiger partial charge in [0.1, 0.15) is 42.8 Å². The van der Waals surface area contributed by atoms with E-state index in [4.69, 9.17) is 39.6 Å². The van der Waals surface area contributed by atoms with Crippen LogP contribution in [0.4, 0.5) is 13.2 Å². The Hall–Kier alpha value is -4.57. The molecule has 0 radical (unpaired) electrons. The number of halogens is 3. The highest BCUT2D eigenvalue weighted by molar-refractivity contribution is 5.93. The maximum atomic E-state index is 14.1. The summed E-state index contributed by atoms with van der Waals surface area (Å²) in [6.07, 6.45) is 3.41. The number of hydrogen-bond donors (Lipinski definition) is 3. The van der Waals surface area contributed by atoms with E-state index in [2.05, 4.69) is 16.1 Å². The van der Waals surface area contributed by atoms with Gasteiger partial charge in [-0.25, -0.2) is 9.59 Å². The summed E-state index contributed by atoms with van der Waals surface area (Å²) in [6.45, 7) is 16.0. The van der Waals surface area contributed by atoms with Crippen molar-refractivity contribution in [2.24, 2.45) is 45.7 Å². The van der Waals surface area contributed by atoms with Gasteiger partial charge in [0.25, 0.3) is 0 Å². The van der Waals surface area contributed by atoms with Crippen LogP contribution in [0.25, 0.3) is 0 Å². The first-order valence-corrected chi connectivity index (χ1v) is 22.2. The van der Waals surface area contributed by atoms with Gasteiger partial charge in [-0.2, -0.15) is 13.2 Å². The molecule has 3 aliphatic heterocycles. The van der Waals surface area contributed by atoms with Crippen molar-refractivity contribution < 1.29 is 71.2 Å². The second kappa shape index (κ2) is 23.0. The van der Waals surface area contributed by atoms with Gasteiger partial charge in [-0.3, -0.25) is 0 Å². The van der Waals surface area contributed by atoms with E-state index in [1.54, 1.807) is 39.8 Å². The van der Waals surface area contributed by atoms with Gasteiger partial charge in [-0.05, 0) is 50.3 Å². The Bertz CT molecular complexity index is 2040. The number of rotatable bonds is 15. The van der Waals surface area contributed by atoms with Gasteiger partial charge in [0.2, 0.25) is 5.76 Å². The third-order valence-corrected chi connectivity index (χ3v) is 12.7. The Morgan fingerprint density at radius 3 is 2.35 bits per heavy atom. The lowest BCUT2D eigenvalue weighted by Gasteiger charge is -2.50. The maximum Gasteiger partial charge on any atom is 0.442 e. The third kappa shape index (κ3) is 12.9. The van der Waals surface area contributed by atoms with Crippen molar-refractivity contribution in [3.05, 3.63) is 76.6 Å². The van der Waals surface area contributed by atoms with E-state index < -0.39 is 83.9 Å². The van der Waals surface area contributed by atoms with Crippen molar-refractivity contribution in [2.75, 3.05) is 34.0 Å². The predicted molar refractivity (Wildman–Crippen MR) is 238 cm³/mol. The normalized spacial score (nSPS) is 32.7. The fourth-order valence-corrected chi connectivity index (χ4v) is 8.68. The molecule has 0 spiro atoms. The van der Waals surface area contributed by atoms with E-state index in [1.165, 1.54) is 20.3 Å². The Morgan fingerprint density at radius 1 is 1.08 bits per heavy atom. The van der Waals surface area contributed by atoms with E-state index in [9.17, 15) is 38.1 Å². The summed E-state index contributed by atoms with van der Waals surface area (Å²) in [6, 6.07) is 3.24. The average Bonchev–Trinajstić information content (AvgIpc) is 4.09. The van der Waals surface area contributed by atoms with Crippen LogP contribution in [-0.4, -0.2) is 110 Å². The van der Waals surface area contributed by atoms with Crippen LogP contribution in [0.15, 0.2) is 75.7 Å². The molecule has 12 atom stereocenters. The molecular weight excluding hydrogens is 866 g/mol. The quantitative estimate of drug-likeness (QED) is 0.0884. The lowest BCUT2D eigenvalue weighted by molar-refractivity contribution is -0.328. The lowest BCUT2D eigenvalue weighted by atomic mass is 9.76. The summed E-state index contributed by atoms with van der Waals surface area (Å²) in [5.74, 6) is -5.17. The van der Waals surface area contributed by atoms with Gasteiger partial charge in [0.15, 0.2) is 5.79 Å². The molecule has 1 aromatic rings. The Morgan fingerprint density at radius 2 is 1.76 bits per heavy atom. The number of terminal acetylenes is 1. The first-order valence-electron chi connectivity index (χ1n) is 22.2. The second-order valence-electron chi connectivity index (χ2n) is 18.1. The average molecular weight is 933 g/mol. The van der Waals surface area contributed by atoms with Crippen molar-refractivity contribution in [1.82, 2.24) is 0 Å². The smallest absolute Gasteiger partial charge is 0.442 e. The summed E-state index contributed by atoms with van der Waals surface area (Å²) < 4.78 is 82.9. The Kier molecular flexibility index (Phi) is 18.8. The zero-order chi connectivity index (χ0) is 49.3. The van der Waals surface area contributed by atoms with Crippen LogP contribution in [0.1, 0.15) is 91.1 Å². The molecule has 0 saturated carbocycles. The number of carbonyl (C=O) groups excluding carboxylic acids is 2. The number of aliphatic hydroxyl groups excluding tert-OH is 2. The number of alkyl halides is 3. The van der Waals surface area contributed by atoms with Gasteiger partial charge in [0, 0.05) is 42.8 Å². The fraction of sp³-hybridized carbons (Fsp3) is 0.633. The first-order chi connectivity index (χ1) is 30.9.